The first-order valence-electron chi connectivity index (χ1n) is 11.6. The van der Waals surface area contributed by atoms with Crippen molar-refractivity contribution in [3.63, 3.8) is 0 Å². The lowest BCUT2D eigenvalue weighted by molar-refractivity contribution is 0.535. The minimum atomic E-state index is 0.368. The lowest BCUT2D eigenvalue weighted by Gasteiger charge is -2.30. The van der Waals surface area contributed by atoms with Crippen LogP contribution in [0.5, 0.6) is 0 Å². The van der Waals surface area contributed by atoms with E-state index in [1.807, 2.05) is 0 Å². The Hall–Kier alpha value is -3.58. The molecule has 156 valence electrons. The molecule has 1 heterocycles. The van der Waals surface area contributed by atoms with E-state index >= 15 is 0 Å². The van der Waals surface area contributed by atoms with Crippen LogP contribution in [0.2, 0.25) is 0 Å². The Balaban J connectivity index is 1.52. The molecule has 0 amide bonds. The van der Waals surface area contributed by atoms with E-state index in [2.05, 4.69) is 115 Å². The maximum atomic E-state index is 3.57. The number of hydrogen-bond acceptors (Lipinski definition) is 1. The predicted octanol–water partition coefficient (Wildman–Crippen LogP) is 5.37. The Labute approximate surface area is 189 Å². The SMILES string of the molecule is C1=CC=C(C2CC(Cc3ccccc3)C=c3c2ccc2c3=CCc3ccccc3-2)NC=C1. The molecule has 1 heteroatoms. The molecule has 6 rings (SSSR count). The number of allylic oxidation sites excluding steroid dienone is 5. The van der Waals surface area contributed by atoms with Gasteiger partial charge in [0.1, 0.15) is 0 Å². The maximum Gasteiger partial charge on any atom is 0.0252 e. The quantitative estimate of drug-likeness (QED) is 0.608. The third-order valence-corrected chi connectivity index (χ3v) is 7.03. The normalized spacial score (nSPS) is 20.4. The zero-order valence-electron chi connectivity index (χ0n) is 18.2. The summed E-state index contributed by atoms with van der Waals surface area (Å²) >= 11 is 0. The summed E-state index contributed by atoms with van der Waals surface area (Å²) in [6.07, 6.45) is 18.8. The summed E-state index contributed by atoms with van der Waals surface area (Å²) in [7, 11) is 0. The minimum absolute atomic E-state index is 0.368. The van der Waals surface area contributed by atoms with Crippen LogP contribution in [0.3, 0.4) is 0 Å². The molecule has 3 aromatic rings. The van der Waals surface area contributed by atoms with Gasteiger partial charge >= 0.3 is 0 Å². The van der Waals surface area contributed by atoms with E-state index in [9.17, 15) is 0 Å². The van der Waals surface area contributed by atoms with Gasteiger partial charge in [0, 0.05) is 17.8 Å². The van der Waals surface area contributed by atoms with Crippen LogP contribution in [0.15, 0.2) is 103 Å². The van der Waals surface area contributed by atoms with Gasteiger partial charge in [0.05, 0.1) is 0 Å². The highest BCUT2D eigenvalue weighted by molar-refractivity contribution is 5.74. The van der Waals surface area contributed by atoms with Gasteiger partial charge in [-0.05, 0) is 75.6 Å². The van der Waals surface area contributed by atoms with Crippen molar-refractivity contribution in [3.8, 4) is 11.1 Å². The molecular weight excluding hydrogens is 386 g/mol. The number of fused-ring (bicyclic) bond motifs is 5. The Bertz CT molecular complexity index is 1370. The first kappa shape index (κ1) is 19.1. The fourth-order valence-corrected chi connectivity index (χ4v) is 5.55. The van der Waals surface area contributed by atoms with E-state index in [1.165, 1.54) is 44.0 Å². The molecule has 1 N–H and O–H groups in total. The molecule has 3 aromatic carbocycles. The zero-order valence-corrected chi connectivity index (χ0v) is 18.2. The van der Waals surface area contributed by atoms with E-state index in [4.69, 9.17) is 0 Å². The predicted molar refractivity (Wildman–Crippen MR) is 134 cm³/mol. The summed E-state index contributed by atoms with van der Waals surface area (Å²) in [5.41, 5.74) is 8.35. The van der Waals surface area contributed by atoms with Crippen molar-refractivity contribution < 1.29 is 0 Å². The van der Waals surface area contributed by atoms with Gasteiger partial charge in [-0.3, -0.25) is 0 Å². The minimum Gasteiger partial charge on any atom is -0.364 e. The van der Waals surface area contributed by atoms with Crippen LogP contribution in [0, 0.1) is 5.92 Å². The molecule has 2 unspecified atom stereocenters. The third kappa shape index (κ3) is 3.44. The molecule has 2 atom stereocenters. The Morgan fingerprint density at radius 2 is 1.66 bits per heavy atom. The van der Waals surface area contributed by atoms with Crippen LogP contribution in [-0.4, -0.2) is 0 Å². The highest BCUT2D eigenvalue weighted by atomic mass is 14.9. The Morgan fingerprint density at radius 3 is 2.59 bits per heavy atom. The molecule has 0 radical (unpaired) electrons. The molecule has 0 saturated heterocycles. The van der Waals surface area contributed by atoms with Gasteiger partial charge in [0.15, 0.2) is 0 Å². The maximum absolute atomic E-state index is 3.57. The molecule has 0 aromatic heterocycles. The van der Waals surface area contributed by atoms with Crippen LogP contribution < -0.4 is 15.8 Å². The van der Waals surface area contributed by atoms with E-state index in [0.29, 0.717) is 11.8 Å². The van der Waals surface area contributed by atoms with Crippen molar-refractivity contribution >= 4 is 12.2 Å². The van der Waals surface area contributed by atoms with Crippen LogP contribution in [0.25, 0.3) is 23.3 Å². The van der Waals surface area contributed by atoms with E-state index in [-0.39, 0.29) is 0 Å². The molecule has 0 spiro atoms. The largest absolute Gasteiger partial charge is 0.364 e. The summed E-state index contributed by atoms with van der Waals surface area (Å²) in [6.45, 7) is 0. The van der Waals surface area contributed by atoms with E-state index in [0.717, 1.165) is 19.3 Å². The molecule has 0 fully saturated rings. The first-order valence-corrected chi connectivity index (χ1v) is 11.6. The van der Waals surface area contributed by atoms with Crippen LogP contribution >= 0.6 is 0 Å². The average Bonchev–Trinajstić information content (AvgIpc) is 3.13. The molecule has 3 aliphatic rings. The van der Waals surface area contributed by atoms with Crippen LogP contribution in [0.1, 0.15) is 29.0 Å². The van der Waals surface area contributed by atoms with Gasteiger partial charge in [0.2, 0.25) is 0 Å². The Morgan fingerprint density at radius 1 is 0.781 bits per heavy atom. The standard InChI is InChI=1S/C31H27N/c1-3-9-22(10-4-1)19-23-20-29-27-15-14-24-11-6-7-12-25(24)26(27)16-17-28(29)30(21-23)31-13-5-2-8-18-32-31/h1-13,15-18,20,23,30,32H,14,19,21H2. The molecule has 0 bridgehead atoms. The van der Waals surface area contributed by atoms with Gasteiger partial charge in [-0.2, -0.15) is 0 Å². The highest BCUT2D eigenvalue weighted by Crippen LogP contribution is 2.35. The second-order valence-electron chi connectivity index (χ2n) is 9.01. The third-order valence-electron chi connectivity index (χ3n) is 7.03. The monoisotopic (exact) mass is 413 g/mol. The number of nitrogens with one attached hydrogen (secondary N) is 1. The summed E-state index contributed by atoms with van der Waals surface area (Å²) in [5.74, 6) is 0.873. The van der Waals surface area contributed by atoms with E-state index in [1.54, 1.807) is 0 Å². The lowest BCUT2D eigenvalue weighted by atomic mass is 9.76. The van der Waals surface area contributed by atoms with Crippen molar-refractivity contribution in [2.24, 2.45) is 5.92 Å². The van der Waals surface area contributed by atoms with Crippen LogP contribution in [0.4, 0.5) is 0 Å². The van der Waals surface area contributed by atoms with Crippen molar-refractivity contribution in [3.05, 3.63) is 130 Å². The van der Waals surface area contributed by atoms with Gasteiger partial charge in [-0.25, -0.2) is 0 Å². The van der Waals surface area contributed by atoms with E-state index < -0.39 is 0 Å². The topological polar surface area (TPSA) is 12.0 Å². The van der Waals surface area contributed by atoms with Crippen molar-refractivity contribution in [2.75, 3.05) is 0 Å². The fourth-order valence-electron chi connectivity index (χ4n) is 5.55. The molecule has 1 aliphatic heterocycles. The summed E-state index contributed by atoms with van der Waals surface area (Å²) in [4.78, 5) is 0. The smallest absolute Gasteiger partial charge is 0.0252 e. The summed E-state index contributed by atoms with van der Waals surface area (Å²) < 4.78 is 0. The Kier molecular flexibility index (Phi) is 4.88. The van der Waals surface area contributed by atoms with Crippen molar-refractivity contribution in [1.29, 1.82) is 0 Å². The molecule has 2 aliphatic carbocycles. The first-order chi connectivity index (χ1) is 15.9. The van der Waals surface area contributed by atoms with Crippen molar-refractivity contribution in [2.45, 2.75) is 25.2 Å². The highest BCUT2D eigenvalue weighted by Gasteiger charge is 2.27. The summed E-state index contributed by atoms with van der Waals surface area (Å²) in [6, 6.07) is 24.5. The molecule has 32 heavy (non-hydrogen) atoms. The lowest BCUT2D eigenvalue weighted by Crippen LogP contribution is -2.38. The summed E-state index contributed by atoms with van der Waals surface area (Å²) in [5, 5.41) is 6.43. The number of rotatable bonds is 3. The van der Waals surface area contributed by atoms with Gasteiger partial charge in [-0.15, -0.1) is 0 Å². The van der Waals surface area contributed by atoms with Gasteiger partial charge in [0.25, 0.3) is 0 Å². The van der Waals surface area contributed by atoms with Gasteiger partial charge < -0.3 is 5.32 Å². The van der Waals surface area contributed by atoms with Gasteiger partial charge in [-0.1, -0.05) is 91.0 Å². The zero-order chi connectivity index (χ0) is 21.3. The second kappa shape index (κ2) is 8.16. The fraction of sp³-hybridized carbons (Fsp3) is 0.161. The second-order valence-corrected chi connectivity index (χ2v) is 9.01. The molecule has 1 nitrogen and oxygen atoms in total. The number of hydrogen-bond donors (Lipinski definition) is 1. The van der Waals surface area contributed by atoms with Crippen molar-refractivity contribution in [1.82, 2.24) is 5.32 Å². The van der Waals surface area contributed by atoms with Crippen LogP contribution in [-0.2, 0) is 12.8 Å². The average molecular weight is 414 g/mol. The molecule has 0 saturated carbocycles. The molecular formula is C31H27N. The number of benzene rings is 3.